The summed E-state index contributed by atoms with van der Waals surface area (Å²) in [5.74, 6) is -0.515. The topological polar surface area (TPSA) is 136 Å². The van der Waals surface area contributed by atoms with Crippen molar-refractivity contribution in [2.75, 3.05) is 12.0 Å². The van der Waals surface area contributed by atoms with Gasteiger partial charge in [-0.25, -0.2) is 13.4 Å². The molecule has 9 nitrogen and oxygen atoms in total. The summed E-state index contributed by atoms with van der Waals surface area (Å²) in [5.41, 5.74) is 0.0809. The zero-order valence-electron chi connectivity index (χ0n) is 12.4. The molecule has 0 saturated carbocycles. The van der Waals surface area contributed by atoms with E-state index in [1.54, 1.807) is 6.92 Å². The van der Waals surface area contributed by atoms with Crippen molar-refractivity contribution in [1.29, 1.82) is 0 Å². The quantitative estimate of drug-likeness (QED) is 0.570. The summed E-state index contributed by atoms with van der Waals surface area (Å²) < 4.78 is 54.6. The zero-order valence-corrected chi connectivity index (χ0v) is 14.1. The Bertz CT molecular complexity index is 1020. The Hall–Kier alpha value is -1.85. The number of rotatable bonds is 5. The molecule has 0 fully saturated rings. The van der Waals surface area contributed by atoms with E-state index in [2.05, 4.69) is 9.97 Å². The molecule has 0 aliphatic rings. The van der Waals surface area contributed by atoms with Crippen LogP contribution in [0.2, 0.25) is 0 Å². The first-order valence-electron chi connectivity index (χ1n) is 6.51. The summed E-state index contributed by atoms with van der Waals surface area (Å²) >= 11 is 0. The molecule has 0 aliphatic carbocycles. The molecule has 0 amide bonds. The number of hydrogen-bond acceptors (Lipinski definition) is 7. The minimum atomic E-state index is -4.15. The maximum absolute atomic E-state index is 12.2. The Balaban J connectivity index is 2.59. The van der Waals surface area contributed by atoms with Gasteiger partial charge in [0.25, 0.3) is 15.7 Å². The highest BCUT2D eigenvalue weighted by molar-refractivity contribution is 7.90. The van der Waals surface area contributed by atoms with Crippen LogP contribution in [0.1, 0.15) is 12.0 Å². The van der Waals surface area contributed by atoms with Crippen molar-refractivity contribution in [2.45, 2.75) is 25.0 Å². The fraction of sp³-hybridized carbons (Fsp3) is 0.417. The van der Waals surface area contributed by atoms with Gasteiger partial charge in [-0.1, -0.05) is 0 Å². The molecule has 2 rings (SSSR count). The molecule has 2 heterocycles. The fourth-order valence-electron chi connectivity index (χ4n) is 2.08. The van der Waals surface area contributed by atoms with Gasteiger partial charge in [0.1, 0.15) is 5.65 Å². The first-order chi connectivity index (χ1) is 10.5. The summed E-state index contributed by atoms with van der Waals surface area (Å²) in [6.07, 6.45) is 2.23. The largest absolute Gasteiger partial charge is 0.292 e. The van der Waals surface area contributed by atoms with Gasteiger partial charge in [0.05, 0.1) is 5.75 Å². The van der Waals surface area contributed by atoms with Crippen molar-refractivity contribution in [2.24, 2.45) is 0 Å². The van der Waals surface area contributed by atoms with E-state index in [-0.39, 0.29) is 18.6 Å². The van der Waals surface area contributed by atoms with Crippen LogP contribution in [0.25, 0.3) is 11.0 Å². The van der Waals surface area contributed by atoms with E-state index in [4.69, 9.17) is 4.55 Å². The molecule has 0 bridgehead atoms. The van der Waals surface area contributed by atoms with Crippen LogP contribution in [-0.4, -0.2) is 47.9 Å². The van der Waals surface area contributed by atoms with Gasteiger partial charge in [0.2, 0.25) is 15.0 Å². The van der Waals surface area contributed by atoms with E-state index >= 15 is 0 Å². The summed E-state index contributed by atoms with van der Waals surface area (Å²) in [7, 11) is -7.80. The number of aromatic nitrogens is 3. The monoisotopic (exact) mass is 361 g/mol. The maximum atomic E-state index is 12.2. The first-order valence-corrected chi connectivity index (χ1v) is 10.0. The molecular formula is C12H15N3O6S2. The highest BCUT2D eigenvalue weighted by atomic mass is 32.2. The minimum Gasteiger partial charge on any atom is -0.292 e. The van der Waals surface area contributed by atoms with E-state index in [0.29, 0.717) is 10.9 Å². The summed E-state index contributed by atoms with van der Waals surface area (Å²) in [6.45, 7) is 1.54. The third kappa shape index (κ3) is 4.12. The third-order valence-corrected chi connectivity index (χ3v) is 4.76. The molecule has 0 aliphatic heterocycles. The number of sulfone groups is 1. The molecule has 126 valence electrons. The van der Waals surface area contributed by atoms with Crippen LogP contribution in [0.3, 0.4) is 0 Å². The third-order valence-electron chi connectivity index (χ3n) is 3.10. The molecule has 0 radical (unpaired) electrons. The molecular weight excluding hydrogens is 346 g/mol. The van der Waals surface area contributed by atoms with Gasteiger partial charge < -0.3 is 0 Å². The number of hydrogen-bond donors (Lipinski definition) is 1. The van der Waals surface area contributed by atoms with E-state index < -0.39 is 36.4 Å². The smallest absolute Gasteiger partial charge is 0.264 e. The number of fused-ring (bicyclic) bond motifs is 1. The summed E-state index contributed by atoms with van der Waals surface area (Å²) in [4.78, 5) is 19.9. The van der Waals surface area contributed by atoms with Crippen LogP contribution in [0.5, 0.6) is 0 Å². The van der Waals surface area contributed by atoms with E-state index in [1.807, 2.05) is 0 Å². The lowest BCUT2D eigenvalue weighted by Gasteiger charge is -2.11. The van der Waals surface area contributed by atoms with Crippen LogP contribution < -0.4 is 5.56 Å². The lowest BCUT2D eigenvalue weighted by atomic mass is 10.2. The van der Waals surface area contributed by atoms with Crippen molar-refractivity contribution >= 4 is 31.0 Å². The molecule has 0 aromatic carbocycles. The molecule has 11 heteroatoms. The number of aryl methyl sites for hydroxylation is 2. The predicted octanol–water partition coefficient (Wildman–Crippen LogP) is -0.219. The van der Waals surface area contributed by atoms with Crippen molar-refractivity contribution in [1.82, 2.24) is 14.5 Å². The van der Waals surface area contributed by atoms with E-state index in [9.17, 15) is 21.6 Å². The molecule has 2 aromatic rings. The highest BCUT2D eigenvalue weighted by Gasteiger charge is 2.15. The molecule has 2 aromatic heterocycles. The molecule has 0 spiro atoms. The molecule has 0 atom stereocenters. The van der Waals surface area contributed by atoms with Crippen LogP contribution in [0, 0.1) is 6.92 Å². The average molecular weight is 361 g/mol. The second-order valence-corrected chi connectivity index (χ2v) is 8.61. The Morgan fingerprint density at radius 3 is 2.48 bits per heavy atom. The van der Waals surface area contributed by atoms with Crippen molar-refractivity contribution in [3.05, 3.63) is 28.2 Å². The van der Waals surface area contributed by atoms with Crippen LogP contribution in [0.4, 0.5) is 0 Å². The number of pyridine rings is 1. The Morgan fingerprint density at radius 1 is 1.26 bits per heavy atom. The summed E-state index contributed by atoms with van der Waals surface area (Å²) in [6, 6.07) is 1.53. The fourth-order valence-corrected chi connectivity index (χ4v) is 3.07. The minimum absolute atomic E-state index is 0.0183. The maximum Gasteiger partial charge on any atom is 0.264 e. The molecule has 0 saturated heterocycles. The SMILES string of the molecule is Cc1cc2cnc(S(C)(=O)=O)nc2n(CCCS(=O)(=O)O)c1=O. The Kier molecular flexibility index (Phi) is 4.55. The van der Waals surface area contributed by atoms with Gasteiger partial charge in [0, 0.05) is 29.9 Å². The zero-order chi connectivity index (χ0) is 17.4. The van der Waals surface area contributed by atoms with Crippen molar-refractivity contribution in [3.63, 3.8) is 0 Å². The van der Waals surface area contributed by atoms with E-state index in [1.165, 1.54) is 16.8 Å². The van der Waals surface area contributed by atoms with Gasteiger partial charge in [0.15, 0.2) is 0 Å². The normalized spacial score (nSPS) is 12.7. The van der Waals surface area contributed by atoms with Gasteiger partial charge in [-0.3, -0.25) is 13.9 Å². The second kappa shape index (κ2) is 5.98. The highest BCUT2D eigenvalue weighted by Crippen LogP contribution is 2.13. The average Bonchev–Trinajstić information content (AvgIpc) is 2.40. The lowest BCUT2D eigenvalue weighted by molar-refractivity contribution is 0.478. The van der Waals surface area contributed by atoms with Gasteiger partial charge in [-0.15, -0.1) is 0 Å². The molecule has 0 unspecified atom stereocenters. The van der Waals surface area contributed by atoms with Crippen molar-refractivity contribution < 1.29 is 21.4 Å². The molecule has 23 heavy (non-hydrogen) atoms. The van der Waals surface area contributed by atoms with Crippen LogP contribution in [-0.2, 0) is 26.5 Å². The van der Waals surface area contributed by atoms with Crippen LogP contribution >= 0.6 is 0 Å². The standard InChI is InChI=1S/C12H15N3O6S2/c1-8-6-9-7-13-12(22(2,17)18)14-10(9)15(11(8)16)4-3-5-23(19,20)21/h6-7H,3-5H2,1-2H3,(H,19,20,21). The molecule has 1 N–H and O–H groups in total. The van der Waals surface area contributed by atoms with Gasteiger partial charge in [-0.05, 0) is 19.4 Å². The van der Waals surface area contributed by atoms with E-state index in [0.717, 1.165) is 6.26 Å². The Morgan fingerprint density at radius 2 is 1.91 bits per heavy atom. The van der Waals surface area contributed by atoms with Crippen LogP contribution in [0.15, 0.2) is 22.2 Å². The Labute approximate surface area is 132 Å². The summed E-state index contributed by atoms with van der Waals surface area (Å²) in [5, 5.41) is 0.0399. The first kappa shape index (κ1) is 17.5. The van der Waals surface area contributed by atoms with Gasteiger partial charge in [-0.2, -0.15) is 13.4 Å². The second-order valence-electron chi connectivity index (χ2n) is 5.13. The number of nitrogens with zero attached hydrogens (tertiary/aromatic N) is 3. The lowest BCUT2D eigenvalue weighted by Crippen LogP contribution is -2.25. The van der Waals surface area contributed by atoms with Crippen molar-refractivity contribution in [3.8, 4) is 0 Å². The predicted molar refractivity (Wildman–Crippen MR) is 82.7 cm³/mol. The van der Waals surface area contributed by atoms with Gasteiger partial charge >= 0.3 is 0 Å².